The molecule has 1 fully saturated rings. The predicted molar refractivity (Wildman–Crippen MR) is 84.2 cm³/mol. The Morgan fingerprint density at radius 1 is 1.19 bits per heavy atom. The van der Waals surface area contributed by atoms with E-state index in [9.17, 15) is 9.59 Å². The topological polar surface area (TPSA) is 37.4 Å². The second-order valence-electron chi connectivity index (χ2n) is 6.69. The molecule has 2 rings (SSSR count). The monoisotopic (exact) mass is 287 g/mol. The smallest absolute Gasteiger partial charge is 0.222 e. The molecule has 0 N–H and O–H groups in total. The Balaban J connectivity index is 1.80. The second kappa shape index (κ2) is 6.88. The van der Waals surface area contributed by atoms with Gasteiger partial charge in [0.1, 0.15) is 0 Å². The molecule has 1 aromatic carbocycles. The Hall–Kier alpha value is -1.64. The minimum atomic E-state index is 0.165. The fourth-order valence-electron chi connectivity index (χ4n) is 2.73. The number of benzene rings is 1. The van der Waals surface area contributed by atoms with Crippen molar-refractivity contribution in [2.45, 2.75) is 46.0 Å². The number of hydrogen-bond acceptors (Lipinski definition) is 2. The van der Waals surface area contributed by atoms with Crippen LogP contribution < -0.4 is 0 Å². The van der Waals surface area contributed by atoms with Gasteiger partial charge in [-0.25, -0.2) is 0 Å². The number of likely N-dealkylation sites (tertiary alicyclic amines) is 1. The maximum absolute atomic E-state index is 12.1. The maximum atomic E-state index is 12.1. The number of carbonyl (C=O) groups excluding carboxylic acids is 2. The Morgan fingerprint density at radius 3 is 2.62 bits per heavy atom. The summed E-state index contributed by atoms with van der Waals surface area (Å²) in [6.45, 7) is 5.98. The SMILES string of the molecule is CC1(C)CCC(=O)N(CCCC(=O)c2ccccc2)CC1. The minimum absolute atomic E-state index is 0.165. The average molecular weight is 287 g/mol. The molecule has 1 saturated heterocycles. The summed E-state index contributed by atoms with van der Waals surface area (Å²) in [5.74, 6) is 0.408. The molecule has 0 aliphatic carbocycles. The van der Waals surface area contributed by atoms with Crippen LogP contribution in [0.2, 0.25) is 0 Å². The van der Waals surface area contributed by atoms with Gasteiger partial charge in [0.25, 0.3) is 0 Å². The van der Waals surface area contributed by atoms with Crippen LogP contribution in [-0.4, -0.2) is 29.7 Å². The summed E-state index contributed by atoms with van der Waals surface area (Å²) in [6.07, 6.45) is 3.91. The highest BCUT2D eigenvalue weighted by Crippen LogP contribution is 2.30. The summed E-state index contributed by atoms with van der Waals surface area (Å²) in [5.41, 5.74) is 1.02. The van der Waals surface area contributed by atoms with Crippen LogP contribution in [0, 0.1) is 5.41 Å². The molecule has 1 aliphatic heterocycles. The van der Waals surface area contributed by atoms with E-state index in [1.165, 1.54) is 0 Å². The van der Waals surface area contributed by atoms with Crippen LogP contribution in [0.3, 0.4) is 0 Å². The molecular weight excluding hydrogens is 262 g/mol. The van der Waals surface area contributed by atoms with E-state index < -0.39 is 0 Å². The fourth-order valence-corrected chi connectivity index (χ4v) is 2.73. The van der Waals surface area contributed by atoms with Crippen molar-refractivity contribution in [1.29, 1.82) is 0 Å². The lowest BCUT2D eigenvalue weighted by Gasteiger charge is -2.23. The van der Waals surface area contributed by atoms with Crippen molar-refractivity contribution in [3.8, 4) is 0 Å². The standard InChI is InChI=1S/C18H25NO2/c1-18(2)11-10-17(21)19(14-12-18)13-6-9-16(20)15-7-4-3-5-8-15/h3-5,7-8H,6,9-14H2,1-2H3. The van der Waals surface area contributed by atoms with E-state index in [0.29, 0.717) is 19.4 Å². The van der Waals surface area contributed by atoms with Gasteiger partial charge in [-0.05, 0) is 24.7 Å². The lowest BCUT2D eigenvalue weighted by atomic mass is 9.85. The Kier molecular flexibility index (Phi) is 5.16. The molecule has 0 radical (unpaired) electrons. The van der Waals surface area contributed by atoms with Gasteiger partial charge in [0.15, 0.2) is 5.78 Å². The van der Waals surface area contributed by atoms with Gasteiger partial charge in [0, 0.05) is 31.5 Å². The van der Waals surface area contributed by atoms with Gasteiger partial charge in [0.2, 0.25) is 5.91 Å². The van der Waals surface area contributed by atoms with E-state index in [4.69, 9.17) is 0 Å². The van der Waals surface area contributed by atoms with Gasteiger partial charge in [-0.3, -0.25) is 9.59 Å². The summed E-state index contributed by atoms with van der Waals surface area (Å²) in [4.78, 5) is 26.1. The molecule has 1 aliphatic rings. The highest BCUT2D eigenvalue weighted by Gasteiger charge is 2.27. The first kappa shape index (κ1) is 15.7. The third kappa shape index (κ3) is 4.69. The summed E-state index contributed by atoms with van der Waals surface area (Å²) in [7, 11) is 0. The third-order valence-corrected chi connectivity index (χ3v) is 4.35. The Morgan fingerprint density at radius 2 is 1.90 bits per heavy atom. The highest BCUT2D eigenvalue weighted by molar-refractivity contribution is 5.95. The summed E-state index contributed by atoms with van der Waals surface area (Å²) in [5, 5.41) is 0. The molecule has 114 valence electrons. The van der Waals surface area contributed by atoms with Gasteiger partial charge in [-0.1, -0.05) is 44.2 Å². The van der Waals surface area contributed by atoms with Crippen molar-refractivity contribution in [1.82, 2.24) is 4.90 Å². The molecule has 0 unspecified atom stereocenters. The molecule has 0 atom stereocenters. The first-order valence-corrected chi connectivity index (χ1v) is 7.84. The van der Waals surface area contributed by atoms with Crippen LogP contribution in [0.5, 0.6) is 0 Å². The molecule has 0 bridgehead atoms. The van der Waals surface area contributed by atoms with Crippen LogP contribution in [0.1, 0.15) is 56.3 Å². The molecule has 0 aromatic heterocycles. The lowest BCUT2D eigenvalue weighted by molar-refractivity contribution is -0.130. The van der Waals surface area contributed by atoms with Crippen LogP contribution in [0.25, 0.3) is 0 Å². The molecule has 1 amide bonds. The fraction of sp³-hybridized carbons (Fsp3) is 0.556. The molecule has 3 heteroatoms. The van der Waals surface area contributed by atoms with Crippen molar-refractivity contribution in [3.05, 3.63) is 35.9 Å². The quantitative estimate of drug-likeness (QED) is 0.775. The highest BCUT2D eigenvalue weighted by atomic mass is 16.2. The zero-order chi connectivity index (χ0) is 15.3. The molecular formula is C18H25NO2. The van der Waals surface area contributed by atoms with Crippen LogP contribution in [-0.2, 0) is 4.79 Å². The van der Waals surface area contributed by atoms with Crippen LogP contribution in [0.15, 0.2) is 30.3 Å². The zero-order valence-corrected chi connectivity index (χ0v) is 13.1. The molecule has 1 aromatic rings. The number of amides is 1. The Labute approximate surface area is 127 Å². The van der Waals surface area contributed by atoms with Crippen molar-refractivity contribution >= 4 is 11.7 Å². The normalized spacial score (nSPS) is 18.4. The number of hydrogen-bond donors (Lipinski definition) is 0. The van der Waals surface area contributed by atoms with Gasteiger partial charge in [-0.2, -0.15) is 0 Å². The van der Waals surface area contributed by atoms with Crippen molar-refractivity contribution in [3.63, 3.8) is 0 Å². The molecule has 1 heterocycles. The van der Waals surface area contributed by atoms with Crippen LogP contribution in [0.4, 0.5) is 0 Å². The van der Waals surface area contributed by atoms with E-state index in [2.05, 4.69) is 13.8 Å². The first-order valence-electron chi connectivity index (χ1n) is 7.84. The predicted octanol–water partition coefficient (Wildman–Crippen LogP) is 3.69. The lowest BCUT2D eigenvalue weighted by Crippen LogP contribution is -2.31. The van der Waals surface area contributed by atoms with Gasteiger partial charge >= 0.3 is 0 Å². The summed E-state index contributed by atoms with van der Waals surface area (Å²) >= 11 is 0. The number of rotatable bonds is 5. The largest absolute Gasteiger partial charge is 0.343 e. The Bertz CT molecular complexity index is 493. The van der Waals surface area contributed by atoms with Gasteiger partial charge < -0.3 is 4.90 Å². The average Bonchev–Trinajstić information content (AvgIpc) is 2.60. The zero-order valence-electron chi connectivity index (χ0n) is 13.1. The van der Waals surface area contributed by atoms with Gasteiger partial charge in [-0.15, -0.1) is 0 Å². The number of ketones is 1. The number of nitrogens with zero attached hydrogens (tertiary/aromatic N) is 1. The number of carbonyl (C=O) groups is 2. The second-order valence-corrected chi connectivity index (χ2v) is 6.69. The van der Waals surface area contributed by atoms with E-state index >= 15 is 0 Å². The van der Waals surface area contributed by atoms with E-state index in [1.807, 2.05) is 35.2 Å². The minimum Gasteiger partial charge on any atom is -0.343 e. The summed E-state index contributed by atoms with van der Waals surface area (Å²) < 4.78 is 0. The first-order chi connectivity index (χ1) is 9.98. The van der Waals surface area contributed by atoms with Crippen molar-refractivity contribution in [2.24, 2.45) is 5.41 Å². The van der Waals surface area contributed by atoms with E-state index in [1.54, 1.807) is 0 Å². The van der Waals surface area contributed by atoms with Crippen LogP contribution >= 0.6 is 0 Å². The van der Waals surface area contributed by atoms with Gasteiger partial charge in [0.05, 0.1) is 0 Å². The van der Waals surface area contributed by atoms with E-state index in [-0.39, 0.29) is 17.1 Å². The third-order valence-electron chi connectivity index (χ3n) is 4.35. The number of Topliss-reactive ketones (excluding diaryl/α,β-unsaturated/α-hetero) is 1. The van der Waals surface area contributed by atoms with Crippen molar-refractivity contribution < 1.29 is 9.59 Å². The summed E-state index contributed by atoms with van der Waals surface area (Å²) in [6, 6.07) is 9.37. The molecule has 3 nitrogen and oxygen atoms in total. The molecule has 0 spiro atoms. The molecule has 21 heavy (non-hydrogen) atoms. The maximum Gasteiger partial charge on any atom is 0.222 e. The molecule has 0 saturated carbocycles. The van der Waals surface area contributed by atoms with Crippen molar-refractivity contribution in [2.75, 3.05) is 13.1 Å². The van der Waals surface area contributed by atoms with E-state index in [0.717, 1.165) is 31.4 Å².